The molecule has 0 saturated carbocycles. The Bertz CT molecular complexity index is 1170. The van der Waals surface area contributed by atoms with Crippen LogP contribution >= 0.6 is 27.7 Å². The third kappa shape index (κ3) is 3.56. The number of aryl methyl sites for hydroxylation is 1. The third-order valence-electron chi connectivity index (χ3n) is 4.72. The van der Waals surface area contributed by atoms with E-state index in [-0.39, 0.29) is 17.0 Å². The molecule has 1 aliphatic heterocycles. The van der Waals surface area contributed by atoms with Crippen molar-refractivity contribution < 1.29 is 14.0 Å². The molecular weight excluding hydrogens is 455 g/mol. The topological polar surface area (TPSA) is 42.3 Å². The zero-order valence-corrected chi connectivity index (χ0v) is 18.1. The zero-order chi connectivity index (χ0) is 20.7. The average molecular weight is 471 g/mol. The molecule has 1 aliphatic rings. The fraction of sp³-hybridized carbons (Fsp3) is 0.0909. The molecule has 4 nitrogen and oxygen atoms in total. The standard InChI is InChI=1S/C22H16BrFN2O2S/c1-13-10-15(14(2)25(13)19-9-8-16(23)12-18(19)24)11-20-21(27)26(22(28)29-20)17-6-4-3-5-7-17/h3-12H,1-2H3/b20-11+. The van der Waals surface area contributed by atoms with E-state index in [0.29, 0.717) is 20.8 Å². The lowest BCUT2D eigenvalue weighted by Crippen LogP contribution is -2.27. The van der Waals surface area contributed by atoms with Gasteiger partial charge in [0.2, 0.25) is 0 Å². The summed E-state index contributed by atoms with van der Waals surface area (Å²) in [5, 5.41) is -0.333. The number of rotatable bonds is 3. The first-order valence-corrected chi connectivity index (χ1v) is 10.4. The van der Waals surface area contributed by atoms with Gasteiger partial charge in [0, 0.05) is 15.9 Å². The van der Waals surface area contributed by atoms with Crippen LogP contribution < -0.4 is 4.90 Å². The van der Waals surface area contributed by atoms with Crippen LogP contribution in [0.25, 0.3) is 11.8 Å². The summed E-state index contributed by atoms with van der Waals surface area (Å²) in [6, 6.07) is 15.6. The number of hydrogen-bond acceptors (Lipinski definition) is 3. The molecule has 146 valence electrons. The number of carbonyl (C=O) groups excluding carboxylic acids is 2. The molecule has 0 bridgehead atoms. The number of nitrogens with zero attached hydrogens (tertiary/aromatic N) is 2. The van der Waals surface area contributed by atoms with Crippen LogP contribution in [0.5, 0.6) is 0 Å². The maximum atomic E-state index is 14.5. The molecule has 4 rings (SSSR count). The Hall–Kier alpha value is -2.64. The number of carbonyl (C=O) groups is 2. The predicted octanol–water partition coefficient (Wildman–Crippen LogP) is 6.24. The first-order chi connectivity index (χ1) is 13.9. The van der Waals surface area contributed by atoms with Crippen LogP contribution in [0.3, 0.4) is 0 Å². The van der Waals surface area contributed by atoms with E-state index in [4.69, 9.17) is 0 Å². The summed E-state index contributed by atoms with van der Waals surface area (Å²) in [6.45, 7) is 3.74. The summed E-state index contributed by atoms with van der Waals surface area (Å²) < 4.78 is 17.0. The van der Waals surface area contributed by atoms with Crippen LogP contribution in [0.4, 0.5) is 14.9 Å². The van der Waals surface area contributed by atoms with Gasteiger partial charge in [-0.3, -0.25) is 9.59 Å². The second kappa shape index (κ2) is 7.65. The Kier molecular flexibility index (Phi) is 5.19. The third-order valence-corrected chi connectivity index (χ3v) is 6.08. The van der Waals surface area contributed by atoms with E-state index in [1.165, 1.54) is 11.0 Å². The first-order valence-electron chi connectivity index (χ1n) is 8.84. The summed E-state index contributed by atoms with van der Waals surface area (Å²) in [5.74, 6) is -0.706. The number of para-hydroxylation sites is 1. The number of halogens is 2. The number of amides is 2. The van der Waals surface area contributed by atoms with Crippen molar-refractivity contribution in [3.05, 3.63) is 86.7 Å². The largest absolute Gasteiger partial charge is 0.315 e. The van der Waals surface area contributed by atoms with Gasteiger partial charge >= 0.3 is 0 Å². The van der Waals surface area contributed by atoms with Gasteiger partial charge in [0.25, 0.3) is 11.1 Å². The lowest BCUT2D eigenvalue weighted by Gasteiger charge is -2.12. The quantitative estimate of drug-likeness (QED) is 0.425. The molecule has 0 radical (unpaired) electrons. The Labute approximate surface area is 180 Å². The Morgan fingerprint density at radius 2 is 1.76 bits per heavy atom. The molecular formula is C22H16BrFN2O2S. The molecule has 7 heteroatoms. The van der Waals surface area contributed by atoms with Crippen LogP contribution in [-0.2, 0) is 4.79 Å². The number of aromatic nitrogens is 1. The summed E-state index contributed by atoms with van der Waals surface area (Å²) in [5.41, 5.74) is 3.36. The van der Waals surface area contributed by atoms with E-state index in [9.17, 15) is 14.0 Å². The highest BCUT2D eigenvalue weighted by molar-refractivity contribution is 9.10. The molecule has 2 amide bonds. The Balaban J connectivity index is 1.73. The van der Waals surface area contributed by atoms with Gasteiger partial charge < -0.3 is 4.57 Å². The van der Waals surface area contributed by atoms with Crippen LogP contribution in [-0.4, -0.2) is 15.7 Å². The van der Waals surface area contributed by atoms with Gasteiger partial charge in [-0.1, -0.05) is 34.1 Å². The lowest BCUT2D eigenvalue weighted by molar-refractivity contribution is -0.113. The van der Waals surface area contributed by atoms with Crippen molar-refractivity contribution in [2.45, 2.75) is 13.8 Å². The van der Waals surface area contributed by atoms with Crippen molar-refractivity contribution >= 4 is 50.6 Å². The molecule has 2 aromatic carbocycles. The lowest BCUT2D eigenvalue weighted by atomic mass is 10.2. The van der Waals surface area contributed by atoms with Crippen LogP contribution in [0.2, 0.25) is 0 Å². The fourth-order valence-corrected chi connectivity index (χ4v) is 4.54. The first kappa shape index (κ1) is 19.7. The molecule has 0 atom stereocenters. The van der Waals surface area contributed by atoms with Crippen molar-refractivity contribution in [1.29, 1.82) is 0 Å². The van der Waals surface area contributed by atoms with Crippen LogP contribution in [0.15, 0.2) is 64.0 Å². The minimum absolute atomic E-state index is 0.333. The molecule has 29 heavy (non-hydrogen) atoms. The highest BCUT2D eigenvalue weighted by atomic mass is 79.9. The van der Waals surface area contributed by atoms with E-state index in [1.807, 2.05) is 26.0 Å². The zero-order valence-electron chi connectivity index (χ0n) is 15.6. The molecule has 2 heterocycles. The smallest absolute Gasteiger partial charge is 0.298 e. The molecule has 0 N–H and O–H groups in total. The molecule has 0 aliphatic carbocycles. The summed E-state index contributed by atoms with van der Waals surface area (Å²) in [6.07, 6.45) is 1.70. The highest BCUT2D eigenvalue weighted by Crippen LogP contribution is 2.36. The van der Waals surface area contributed by atoms with Gasteiger partial charge in [-0.2, -0.15) is 0 Å². The van der Waals surface area contributed by atoms with E-state index >= 15 is 0 Å². The SMILES string of the molecule is Cc1cc(/C=C2/SC(=O)N(c3ccccc3)C2=O)c(C)n1-c1ccc(Br)cc1F. The van der Waals surface area contributed by atoms with E-state index in [2.05, 4.69) is 15.9 Å². The minimum Gasteiger partial charge on any atom is -0.315 e. The monoisotopic (exact) mass is 470 g/mol. The second-order valence-corrected chi connectivity index (χ2v) is 8.52. The van der Waals surface area contributed by atoms with Crippen molar-refractivity contribution in [2.24, 2.45) is 0 Å². The molecule has 0 spiro atoms. The maximum absolute atomic E-state index is 14.5. The number of benzene rings is 2. The number of anilines is 1. The molecule has 1 saturated heterocycles. The predicted molar refractivity (Wildman–Crippen MR) is 118 cm³/mol. The molecule has 1 fully saturated rings. The maximum Gasteiger partial charge on any atom is 0.298 e. The van der Waals surface area contributed by atoms with Crippen molar-refractivity contribution in [3.63, 3.8) is 0 Å². The average Bonchev–Trinajstić information content (AvgIpc) is 3.11. The number of thioether (sulfide) groups is 1. The van der Waals surface area contributed by atoms with Gasteiger partial charge in [-0.25, -0.2) is 9.29 Å². The van der Waals surface area contributed by atoms with Crippen molar-refractivity contribution in [3.8, 4) is 5.69 Å². The van der Waals surface area contributed by atoms with Gasteiger partial charge in [0.15, 0.2) is 0 Å². The summed E-state index contributed by atoms with van der Waals surface area (Å²) >= 11 is 4.18. The van der Waals surface area contributed by atoms with Gasteiger partial charge in [0.05, 0.1) is 16.3 Å². The van der Waals surface area contributed by atoms with E-state index in [1.54, 1.807) is 47.0 Å². The second-order valence-electron chi connectivity index (χ2n) is 6.61. The van der Waals surface area contributed by atoms with E-state index in [0.717, 1.165) is 28.7 Å². The summed E-state index contributed by atoms with van der Waals surface area (Å²) in [4.78, 5) is 26.8. The van der Waals surface area contributed by atoms with Gasteiger partial charge in [0.1, 0.15) is 5.82 Å². The molecule has 3 aromatic rings. The highest BCUT2D eigenvalue weighted by Gasteiger charge is 2.36. The van der Waals surface area contributed by atoms with Gasteiger partial charge in [-0.15, -0.1) is 0 Å². The Morgan fingerprint density at radius 3 is 2.45 bits per heavy atom. The molecule has 1 aromatic heterocycles. The van der Waals surface area contributed by atoms with Gasteiger partial charge in [-0.05, 0) is 73.6 Å². The van der Waals surface area contributed by atoms with Crippen molar-refractivity contribution in [1.82, 2.24) is 4.57 Å². The van der Waals surface area contributed by atoms with Crippen LogP contribution in [0, 0.1) is 19.7 Å². The van der Waals surface area contributed by atoms with Crippen molar-refractivity contribution in [2.75, 3.05) is 4.90 Å². The normalized spacial score (nSPS) is 15.6. The fourth-order valence-electron chi connectivity index (χ4n) is 3.38. The number of imide groups is 1. The van der Waals surface area contributed by atoms with Crippen LogP contribution in [0.1, 0.15) is 17.0 Å². The molecule has 0 unspecified atom stereocenters. The number of hydrogen-bond donors (Lipinski definition) is 0. The van der Waals surface area contributed by atoms with E-state index < -0.39 is 0 Å². The summed E-state index contributed by atoms with van der Waals surface area (Å²) in [7, 11) is 0. The minimum atomic E-state index is -0.356. The Morgan fingerprint density at radius 1 is 1.03 bits per heavy atom.